The second-order valence-electron chi connectivity index (χ2n) is 3.67. The summed E-state index contributed by atoms with van der Waals surface area (Å²) < 4.78 is 10.5. The molecule has 5 nitrogen and oxygen atoms in total. The van der Waals surface area contributed by atoms with Crippen LogP contribution in [0.15, 0.2) is 18.2 Å². The largest absolute Gasteiger partial charge is 0.493 e. The molecular formula is C13H16N2O3. The van der Waals surface area contributed by atoms with E-state index in [1.807, 2.05) is 13.0 Å². The van der Waals surface area contributed by atoms with Gasteiger partial charge >= 0.3 is 0 Å². The molecule has 1 rings (SSSR count). The summed E-state index contributed by atoms with van der Waals surface area (Å²) in [6.45, 7) is 2.47. The number of hydrogen-bond donors (Lipinski definition) is 0. The highest BCUT2D eigenvalue weighted by atomic mass is 16.5. The number of nitrogens with zero attached hydrogens (tertiary/aromatic N) is 2. The molecule has 0 saturated heterocycles. The molecule has 96 valence electrons. The van der Waals surface area contributed by atoms with E-state index in [4.69, 9.17) is 14.7 Å². The van der Waals surface area contributed by atoms with E-state index in [1.54, 1.807) is 30.1 Å². The molecule has 0 heterocycles. The van der Waals surface area contributed by atoms with Gasteiger partial charge in [0.1, 0.15) is 0 Å². The summed E-state index contributed by atoms with van der Waals surface area (Å²) in [5.41, 5.74) is 0.483. The maximum atomic E-state index is 11.6. The maximum absolute atomic E-state index is 11.6. The third kappa shape index (κ3) is 3.39. The zero-order chi connectivity index (χ0) is 13.5. The predicted molar refractivity (Wildman–Crippen MR) is 66.5 cm³/mol. The van der Waals surface area contributed by atoms with Crippen LogP contribution in [0.3, 0.4) is 0 Å². The summed E-state index contributed by atoms with van der Waals surface area (Å²) in [5, 5.41) is 8.76. The molecule has 0 N–H and O–H groups in total. The molecule has 18 heavy (non-hydrogen) atoms. The number of hydrogen-bond acceptors (Lipinski definition) is 4. The molecule has 1 amide bonds. The number of benzene rings is 1. The molecule has 0 saturated carbocycles. The molecule has 0 fully saturated rings. The van der Waals surface area contributed by atoms with Crippen molar-refractivity contribution in [1.29, 1.82) is 5.26 Å². The minimum atomic E-state index is -0.107. The molecule has 0 atom stereocenters. The first-order chi connectivity index (χ1) is 8.62. The van der Waals surface area contributed by atoms with Crippen molar-refractivity contribution in [2.45, 2.75) is 6.92 Å². The highest BCUT2D eigenvalue weighted by Crippen LogP contribution is 2.27. The van der Waals surface area contributed by atoms with Crippen LogP contribution in [0.25, 0.3) is 0 Å². The molecule has 1 aromatic carbocycles. The quantitative estimate of drug-likeness (QED) is 0.790. The Balaban J connectivity index is 2.73. The Hall–Kier alpha value is -2.22. The lowest BCUT2D eigenvalue weighted by Gasteiger charge is -2.15. The van der Waals surface area contributed by atoms with E-state index in [0.29, 0.717) is 23.6 Å². The number of ether oxygens (including phenoxy) is 2. The van der Waals surface area contributed by atoms with E-state index in [2.05, 4.69) is 0 Å². The van der Waals surface area contributed by atoms with Gasteiger partial charge in [-0.3, -0.25) is 4.79 Å². The summed E-state index contributed by atoms with van der Waals surface area (Å²) in [7, 11) is 3.20. The fourth-order valence-electron chi connectivity index (χ4n) is 1.28. The smallest absolute Gasteiger partial charge is 0.260 e. The first kappa shape index (κ1) is 13.8. The predicted octanol–water partition coefficient (Wildman–Crippen LogP) is 1.42. The second-order valence-corrected chi connectivity index (χ2v) is 3.67. The fraction of sp³-hybridized carbons (Fsp3) is 0.385. The molecule has 0 unspecified atom stereocenters. The van der Waals surface area contributed by atoms with Gasteiger partial charge in [0.15, 0.2) is 18.1 Å². The van der Waals surface area contributed by atoms with Crippen molar-refractivity contribution < 1.29 is 14.3 Å². The monoisotopic (exact) mass is 248 g/mol. The summed E-state index contributed by atoms with van der Waals surface area (Å²) >= 11 is 0. The third-order valence-corrected chi connectivity index (χ3v) is 2.54. The van der Waals surface area contributed by atoms with E-state index >= 15 is 0 Å². The zero-order valence-electron chi connectivity index (χ0n) is 10.8. The molecule has 0 spiro atoms. The molecule has 0 aliphatic rings. The Kier molecular flexibility index (Phi) is 5.00. The van der Waals surface area contributed by atoms with E-state index < -0.39 is 0 Å². The maximum Gasteiger partial charge on any atom is 0.260 e. The van der Waals surface area contributed by atoms with Crippen LogP contribution in [-0.2, 0) is 4.79 Å². The van der Waals surface area contributed by atoms with Gasteiger partial charge in [-0.05, 0) is 19.1 Å². The van der Waals surface area contributed by atoms with Gasteiger partial charge in [0.25, 0.3) is 5.91 Å². The first-order valence-electron chi connectivity index (χ1n) is 5.57. The van der Waals surface area contributed by atoms with E-state index in [-0.39, 0.29) is 12.5 Å². The lowest BCUT2D eigenvalue weighted by atomic mass is 10.2. The van der Waals surface area contributed by atoms with Gasteiger partial charge < -0.3 is 14.4 Å². The Morgan fingerprint density at radius 1 is 1.44 bits per heavy atom. The van der Waals surface area contributed by atoms with E-state index in [0.717, 1.165) is 0 Å². The lowest BCUT2D eigenvalue weighted by Crippen LogP contribution is -2.31. The Bertz CT molecular complexity index is 466. The standard InChI is InChI=1S/C13H16N2O3/c1-4-15(2)13(16)9-18-11-6-5-10(8-14)7-12(11)17-3/h5-7H,4,9H2,1-3H3. The van der Waals surface area contributed by atoms with Gasteiger partial charge in [-0.15, -0.1) is 0 Å². The summed E-state index contributed by atoms with van der Waals surface area (Å²) in [4.78, 5) is 13.1. The van der Waals surface area contributed by atoms with Crippen LogP contribution in [0.2, 0.25) is 0 Å². The van der Waals surface area contributed by atoms with Gasteiger partial charge in [0.05, 0.1) is 18.7 Å². The molecule has 0 aromatic heterocycles. The molecule has 0 bridgehead atoms. The van der Waals surface area contributed by atoms with Crippen molar-refractivity contribution >= 4 is 5.91 Å². The van der Waals surface area contributed by atoms with Crippen LogP contribution in [0.1, 0.15) is 12.5 Å². The van der Waals surface area contributed by atoms with Crippen molar-refractivity contribution in [3.05, 3.63) is 23.8 Å². The van der Waals surface area contributed by atoms with Gasteiger partial charge in [-0.25, -0.2) is 0 Å². The highest BCUT2D eigenvalue weighted by Gasteiger charge is 2.10. The molecule has 0 aliphatic carbocycles. The summed E-state index contributed by atoms with van der Waals surface area (Å²) in [6, 6.07) is 6.82. The molecular weight excluding hydrogens is 232 g/mol. The number of carbonyl (C=O) groups excluding carboxylic acids is 1. The number of rotatable bonds is 5. The van der Waals surface area contributed by atoms with Crippen molar-refractivity contribution in [3.63, 3.8) is 0 Å². The van der Waals surface area contributed by atoms with E-state index in [9.17, 15) is 4.79 Å². The van der Waals surface area contributed by atoms with Crippen LogP contribution in [-0.4, -0.2) is 38.1 Å². The zero-order valence-corrected chi connectivity index (χ0v) is 10.8. The van der Waals surface area contributed by atoms with Crippen molar-refractivity contribution in [2.24, 2.45) is 0 Å². The molecule has 5 heteroatoms. The van der Waals surface area contributed by atoms with Crippen LogP contribution < -0.4 is 9.47 Å². The molecule has 0 radical (unpaired) electrons. The summed E-state index contributed by atoms with van der Waals surface area (Å²) in [5.74, 6) is 0.791. The number of amides is 1. The van der Waals surface area contributed by atoms with Crippen LogP contribution in [0, 0.1) is 11.3 Å². The second kappa shape index (κ2) is 6.50. The van der Waals surface area contributed by atoms with Gasteiger partial charge in [-0.2, -0.15) is 5.26 Å². The SMILES string of the molecule is CCN(C)C(=O)COc1ccc(C#N)cc1OC. The summed E-state index contributed by atoms with van der Waals surface area (Å²) in [6.07, 6.45) is 0. The van der Waals surface area contributed by atoms with Gasteiger partial charge in [0.2, 0.25) is 0 Å². The fourth-order valence-corrected chi connectivity index (χ4v) is 1.28. The topological polar surface area (TPSA) is 62.6 Å². The Morgan fingerprint density at radius 3 is 2.72 bits per heavy atom. The number of methoxy groups -OCH3 is 1. The lowest BCUT2D eigenvalue weighted by molar-refractivity contribution is -0.131. The van der Waals surface area contributed by atoms with Crippen molar-refractivity contribution in [2.75, 3.05) is 27.3 Å². The van der Waals surface area contributed by atoms with Crippen LogP contribution in [0.4, 0.5) is 0 Å². The Morgan fingerprint density at radius 2 is 2.17 bits per heavy atom. The van der Waals surface area contributed by atoms with Gasteiger partial charge in [0, 0.05) is 19.7 Å². The molecule has 1 aromatic rings. The first-order valence-corrected chi connectivity index (χ1v) is 5.57. The van der Waals surface area contributed by atoms with Crippen molar-refractivity contribution in [1.82, 2.24) is 4.90 Å². The third-order valence-electron chi connectivity index (χ3n) is 2.54. The molecule has 0 aliphatic heterocycles. The number of carbonyl (C=O) groups is 1. The van der Waals surface area contributed by atoms with Crippen LogP contribution in [0.5, 0.6) is 11.5 Å². The average Bonchev–Trinajstić information content (AvgIpc) is 2.43. The number of likely N-dealkylation sites (N-methyl/N-ethyl adjacent to an activating group) is 1. The minimum absolute atomic E-state index is 0.0490. The average molecular weight is 248 g/mol. The highest BCUT2D eigenvalue weighted by molar-refractivity contribution is 5.77. The van der Waals surface area contributed by atoms with E-state index in [1.165, 1.54) is 7.11 Å². The normalized spacial score (nSPS) is 9.44. The Labute approximate surface area is 107 Å². The van der Waals surface area contributed by atoms with Crippen LogP contribution >= 0.6 is 0 Å². The number of nitriles is 1. The minimum Gasteiger partial charge on any atom is -0.493 e. The van der Waals surface area contributed by atoms with Crippen molar-refractivity contribution in [3.8, 4) is 17.6 Å². The van der Waals surface area contributed by atoms with Gasteiger partial charge in [-0.1, -0.05) is 0 Å².